The zero-order valence-corrected chi connectivity index (χ0v) is 12.3. The van der Waals surface area contributed by atoms with Crippen LogP contribution in [0.2, 0.25) is 0 Å². The SMILES string of the molecule is Cn1nc(/C=C/c2cccnc2)c2cc(C(=O)NN)c(F)cc21. The summed E-state index contributed by atoms with van der Waals surface area (Å²) in [4.78, 5) is 15.7. The maximum atomic E-state index is 14.0. The van der Waals surface area contributed by atoms with Gasteiger partial charge in [0.25, 0.3) is 5.91 Å². The fourth-order valence-corrected chi connectivity index (χ4v) is 2.33. The van der Waals surface area contributed by atoms with Crippen LogP contribution in [0.15, 0.2) is 36.7 Å². The van der Waals surface area contributed by atoms with Gasteiger partial charge in [0.2, 0.25) is 0 Å². The number of nitrogens with two attached hydrogens (primary N) is 1. The molecule has 1 amide bonds. The molecule has 23 heavy (non-hydrogen) atoms. The highest BCUT2D eigenvalue weighted by Crippen LogP contribution is 2.23. The standard InChI is InChI=1S/C16H14FN5O/c1-22-15-8-13(17)11(16(23)20-18)7-12(15)14(21-22)5-4-10-3-2-6-19-9-10/h2-9H,18H2,1H3,(H,20,23)/b5-4+. The van der Waals surface area contributed by atoms with Crippen molar-refractivity contribution < 1.29 is 9.18 Å². The van der Waals surface area contributed by atoms with E-state index in [1.807, 2.05) is 23.6 Å². The number of amides is 1. The highest BCUT2D eigenvalue weighted by molar-refractivity contribution is 6.00. The lowest BCUT2D eigenvalue weighted by atomic mass is 10.1. The summed E-state index contributed by atoms with van der Waals surface area (Å²) < 4.78 is 15.6. The van der Waals surface area contributed by atoms with E-state index in [1.165, 1.54) is 12.1 Å². The van der Waals surface area contributed by atoms with E-state index in [9.17, 15) is 9.18 Å². The topological polar surface area (TPSA) is 85.8 Å². The molecule has 116 valence electrons. The molecular formula is C16H14FN5O. The van der Waals surface area contributed by atoms with Crippen LogP contribution in [0.3, 0.4) is 0 Å². The van der Waals surface area contributed by atoms with Gasteiger partial charge in [0.15, 0.2) is 0 Å². The van der Waals surface area contributed by atoms with Gasteiger partial charge in [-0.2, -0.15) is 5.10 Å². The summed E-state index contributed by atoms with van der Waals surface area (Å²) in [5.74, 6) is 3.76. The van der Waals surface area contributed by atoms with Crippen LogP contribution in [0.1, 0.15) is 21.6 Å². The summed E-state index contributed by atoms with van der Waals surface area (Å²) in [6, 6.07) is 6.45. The van der Waals surface area contributed by atoms with Crippen molar-refractivity contribution in [3.63, 3.8) is 0 Å². The Hall–Kier alpha value is -3.06. The number of hydrogen-bond donors (Lipinski definition) is 2. The molecule has 0 bridgehead atoms. The summed E-state index contributed by atoms with van der Waals surface area (Å²) in [5.41, 5.74) is 3.94. The third-order valence-corrected chi connectivity index (χ3v) is 3.46. The lowest BCUT2D eigenvalue weighted by Gasteiger charge is -2.02. The Labute approximate surface area is 131 Å². The van der Waals surface area contributed by atoms with Crippen LogP contribution >= 0.6 is 0 Å². The van der Waals surface area contributed by atoms with Crippen molar-refractivity contribution >= 4 is 29.0 Å². The van der Waals surface area contributed by atoms with E-state index in [0.717, 1.165) is 5.56 Å². The molecule has 0 radical (unpaired) electrons. The van der Waals surface area contributed by atoms with Crippen molar-refractivity contribution in [2.75, 3.05) is 0 Å². The fraction of sp³-hybridized carbons (Fsp3) is 0.0625. The minimum Gasteiger partial charge on any atom is -0.290 e. The predicted molar refractivity (Wildman–Crippen MR) is 85.5 cm³/mol. The Morgan fingerprint density at radius 2 is 2.22 bits per heavy atom. The molecule has 0 aliphatic heterocycles. The predicted octanol–water partition coefficient (Wildman–Crippen LogP) is 1.88. The molecular weight excluding hydrogens is 297 g/mol. The number of aromatic nitrogens is 3. The van der Waals surface area contributed by atoms with Crippen LogP contribution in [-0.4, -0.2) is 20.7 Å². The van der Waals surface area contributed by atoms with Crippen LogP contribution in [0.4, 0.5) is 4.39 Å². The average molecular weight is 311 g/mol. The summed E-state index contributed by atoms with van der Waals surface area (Å²) >= 11 is 0. The molecule has 0 atom stereocenters. The van der Waals surface area contributed by atoms with Crippen LogP contribution in [0.25, 0.3) is 23.1 Å². The molecule has 3 N–H and O–H groups in total. The number of hydrazine groups is 1. The second kappa shape index (κ2) is 5.98. The van der Waals surface area contributed by atoms with E-state index < -0.39 is 11.7 Å². The molecule has 2 heterocycles. The first-order valence-corrected chi connectivity index (χ1v) is 6.85. The van der Waals surface area contributed by atoms with Crippen molar-refractivity contribution in [1.29, 1.82) is 0 Å². The van der Waals surface area contributed by atoms with Crippen molar-refractivity contribution in [3.05, 3.63) is 59.3 Å². The lowest BCUT2D eigenvalue weighted by Crippen LogP contribution is -2.30. The second-order valence-corrected chi connectivity index (χ2v) is 4.95. The highest BCUT2D eigenvalue weighted by atomic mass is 19.1. The Kier molecular flexibility index (Phi) is 3.86. The molecule has 2 aromatic heterocycles. The number of rotatable bonds is 3. The maximum absolute atomic E-state index is 14.0. The van der Waals surface area contributed by atoms with Gasteiger partial charge in [0.05, 0.1) is 16.8 Å². The quantitative estimate of drug-likeness (QED) is 0.439. The van der Waals surface area contributed by atoms with Crippen molar-refractivity contribution in [1.82, 2.24) is 20.2 Å². The van der Waals surface area contributed by atoms with Gasteiger partial charge in [-0.05, 0) is 23.8 Å². The van der Waals surface area contributed by atoms with E-state index in [-0.39, 0.29) is 5.56 Å². The zero-order valence-electron chi connectivity index (χ0n) is 12.3. The summed E-state index contributed by atoms with van der Waals surface area (Å²) in [6.07, 6.45) is 7.05. The first kappa shape index (κ1) is 14.9. The highest BCUT2D eigenvalue weighted by Gasteiger charge is 2.16. The molecule has 0 spiro atoms. The van der Waals surface area contributed by atoms with Crippen LogP contribution in [0, 0.1) is 5.82 Å². The Morgan fingerprint density at radius 1 is 1.39 bits per heavy atom. The van der Waals surface area contributed by atoms with E-state index >= 15 is 0 Å². The molecule has 7 heteroatoms. The van der Waals surface area contributed by atoms with E-state index in [4.69, 9.17) is 5.84 Å². The number of pyridine rings is 1. The minimum absolute atomic E-state index is 0.121. The van der Waals surface area contributed by atoms with Crippen LogP contribution in [0.5, 0.6) is 0 Å². The summed E-state index contributed by atoms with van der Waals surface area (Å²) in [7, 11) is 1.71. The first-order chi connectivity index (χ1) is 11.1. The number of nitrogens with zero attached hydrogens (tertiary/aromatic N) is 3. The molecule has 0 saturated heterocycles. The number of fused-ring (bicyclic) bond motifs is 1. The summed E-state index contributed by atoms with van der Waals surface area (Å²) in [6.45, 7) is 0. The first-order valence-electron chi connectivity index (χ1n) is 6.85. The molecule has 0 fully saturated rings. The molecule has 0 saturated carbocycles. The third kappa shape index (κ3) is 2.82. The van der Waals surface area contributed by atoms with Gasteiger partial charge in [0, 0.05) is 30.9 Å². The maximum Gasteiger partial charge on any atom is 0.268 e. The number of carbonyl (C=O) groups excluding carboxylic acids is 1. The normalized spacial score (nSPS) is 11.3. The Bertz CT molecular complexity index is 902. The van der Waals surface area contributed by atoms with Crippen LogP contribution in [-0.2, 0) is 7.05 Å². The van der Waals surface area contributed by atoms with E-state index in [1.54, 1.807) is 30.2 Å². The van der Waals surface area contributed by atoms with Gasteiger partial charge < -0.3 is 0 Å². The number of carbonyl (C=O) groups is 1. The number of benzene rings is 1. The van der Waals surface area contributed by atoms with Gasteiger partial charge in [0.1, 0.15) is 5.82 Å². The van der Waals surface area contributed by atoms with Gasteiger partial charge in [-0.15, -0.1) is 0 Å². The van der Waals surface area contributed by atoms with Gasteiger partial charge in [-0.3, -0.25) is 19.9 Å². The zero-order chi connectivity index (χ0) is 16.4. The lowest BCUT2D eigenvalue weighted by molar-refractivity contribution is 0.0950. The molecule has 0 unspecified atom stereocenters. The number of hydrogen-bond acceptors (Lipinski definition) is 4. The molecule has 3 aromatic rings. The van der Waals surface area contributed by atoms with E-state index in [0.29, 0.717) is 16.6 Å². The molecule has 3 rings (SSSR count). The smallest absolute Gasteiger partial charge is 0.268 e. The number of aryl methyl sites for hydroxylation is 1. The van der Waals surface area contributed by atoms with Crippen LogP contribution < -0.4 is 11.3 Å². The van der Waals surface area contributed by atoms with E-state index in [2.05, 4.69) is 10.1 Å². The second-order valence-electron chi connectivity index (χ2n) is 4.95. The molecule has 0 aliphatic rings. The Balaban J connectivity index is 2.10. The molecule has 0 aliphatic carbocycles. The van der Waals surface area contributed by atoms with Gasteiger partial charge in [-0.1, -0.05) is 12.1 Å². The third-order valence-electron chi connectivity index (χ3n) is 3.46. The van der Waals surface area contributed by atoms with Gasteiger partial charge in [-0.25, -0.2) is 10.2 Å². The van der Waals surface area contributed by atoms with Crippen molar-refractivity contribution in [2.24, 2.45) is 12.9 Å². The average Bonchev–Trinajstić information content (AvgIpc) is 2.88. The Morgan fingerprint density at radius 3 is 2.91 bits per heavy atom. The van der Waals surface area contributed by atoms with Gasteiger partial charge >= 0.3 is 0 Å². The number of halogens is 1. The number of nitrogens with one attached hydrogen (secondary N) is 1. The fourth-order valence-electron chi connectivity index (χ4n) is 2.33. The number of nitrogen functional groups attached to an aromatic ring is 1. The molecule has 1 aromatic carbocycles. The minimum atomic E-state index is -0.685. The molecule has 6 nitrogen and oxygen atoms in total. The monoisotopic (exact) mass is 311 g/mol. The summed E-state index contributed by atoms with van der Waals surface area (Å²) in [5, 5.41) is 5.01. The largest absolute Gasteiger partial charge is 0.290 e. The van der Waals surface area contributed by atoms with Crippen molar-refractivity contribution in [2.45, 2.75) is 0 Å². The van der Waals surface area contributed by atoms with Crippen molar-refractivity contribution in [3.8, 4) is 0 Å².